The zero-order chi connectivity index (χ0) is 9.14. The van der Waals surface area contributed by atoms with Crippen LogP contribution < -0.4 is 0 Å². The van der Waals surface area contributed by atoms with Gasteiger partial charge in [-0.2, -0.15) is 0 Å². The van der Waals surface area contributed by atoms with Gasteiger partial charge in [-0.15, -0.1) is 6.42 Å². The first-order valence-electron chi connectivity index (χ1n) is 4.02. The topological polar surface area (TPSA) is 29.3 Å². The molecule has 1 aliphatic rings. The molecule has 0 aromatic rings. The third-order valence-corrected chi connectivity index (χ3v) is 1.88. The lowest BCUT2D eigenvalue weighted by Crippen LogP contribution is -2.20. The number of ether oxygens (including phenoxy) is 1. The predicted molar refractivity (Wildman–Crippen MR) is 45.4 cm³/mol. The molecule has 3 heteroatoms. The van der Waals surface area contributed by atoms with Crippen molar-refractivity contribution in [1.29, 1.82) is 0 Å². The van der Waals surface area contributed by atoms with Gasteiger partial charge in [-0.25, -0.2) is 0 Å². The van der Waals surface area contributed by atoms with Crippen molar-refractivity contribution in [2.75, 3.05) is 13.2 Å². The largest absolute Gasteiger partial charge is 0.451 e. The minimum atomic E-state index is -0.193. The molecule has 12 heavy (non-hydrogen) atoms. The minimum Gasteiger partial charge on any atom is -0.451 e. The van der Waals surface area contributed by atoms with Crippen LogP contribution in [-0.4, -0.2) is 36.1 Å². The van der Waals surface area contributed by atoms with Crippen LogP contribution >= 0.6 is 0 Å². The van der Waals surface area contributed by atoms with Crippen molar-refractivity contribution in [2.45, 2.75) is 25.9 Å². The van der Waals surface area contributed by atoms with Crippen LogP contribution in [0.5, 0.6) is 0 Å². The highest BCUT2D eigenvalue weighted by Crippen LogP contribution is 2.21. The second kappa shape index (κ2) is 3.59. The molecule has 0 aromatic carbocycles. The summed E-state index contributed by atoms with van der Waals surface area (Å²) >= 11 is 0. The van der Waals surface area contributed by atoms with Crippen molar-refractivity contribution in [3.8, 4) is 12.3 Å². The van der Waals surface area contributed by atoms with E-state index >= 15 is 0 Å². The Morgan fingerprint density at radius 2 is 2.50 bits per heavy atom. The van der Waals surface area contributed by atoms with E-state index in [1.165, 1.54) is 0 Å². The number of esters is 1. The molecule has 66 valence electrons. The Balaban J connectivity index is 2.25. The quantitative estimate of drug-likeness (QED) is 0.343. The Labute approximate surface area is 72.7 Å². The van der Waals surface area contributed by atoms with E-state index in [9.17, 15) is 4.79 Å². The minimum absolute atomic E-state index is 0.0432. The van der Waals surface area contributed by atoms with Crippen molar-refractivity contribution in [3.05, 3.63) is 0 Å². The van der Waals surface area contributed by atoms with E-state index in [1.54, 1.807) is 0 Å². The summed E-state index contributed by atoms with van der Waals surface area (Å²) in [5, 5.41) is 0. The molecule has 1 heterocycles. The summed E-state index contributed by atoms with van der Waals surface area (Å²) in [5.41, 5.74) is 0. The van der Waals surface area contributed by atoms with E-state index in [0.29, 0.717) is 6.04 Å². The summed E-state index contributed by atoms with van der Waals surface area (Å²) in [7, 11) is 0. The molecular weight excluding hydrogens is 154 g/mol. The van der Waals surface area contributed by atoms with Gasteiger partial charge in [0.15, 0.2) is 6.61 Å². The number of terminal acetylenes is 1. The average molecular weight is 167 g/mol. The molecule has 0 spiro atoms. The van der Waals surface area contributed by atoms with Crippen molar-refractivity contribution in [1.82, 2.24) is 4.90 Å². The molecule has 1 saturated heterocycles. The lowest BCUT2D eigenvalue weighted by Gasteiger charge is -2.05. The molecule has 0 radical (unpaired) electrons. The van der Waals surface area contributed by atoms with Crippen LogP contribution in [0, 0.1) is 12.3 Å². The normalized spacial score (nSPS) is 26.5. The molecule has 1 rings (SSSR count). The zero-order valence-electron chi connectivity index (χ0n) is 7.41. The van der Waals surface area contributed by atoms with Crippen LogP contribution in [0.2, 0.25) is 0 Å². The highest BCUT2D eigenvalue weighted by molar-refractivity contribution is 5.79. The maximum absolute atomic E-state index is 11.1. The Morgan fingerprint density at radius 3 is 2.92 bits per heavy atom. The SMILES string of the molecule is C#CCOC(=O)C1CN1C(C)C. The summed E-state index contributed by atoms with van der Waals surface area (Å²) < 4.78 is 4.78. The molecule has 2 atom stereocenters. The number of carbonyl (C=O) groups excluding carboxylic acids is 1. The third kappa shape index (κ3) is 1.99. The van der Waals surface area contributed by atoms with Gasteiger partial charge in [0.2, 0.25) is 0 Å². The predicted octanol–water partition coefficient (Wildman–Crippen LogP) is 0.255. The molecule has 0 N–H and O–H groups in total. The van der Waals surface area contributed by atoms with Gasteiger partial charge >= 0.3 is 5.97 Å². The van der Waals surface area contributed by atoms with Crippen molar-refractivity contribution >= 4 is 5.97 Å². The summed E-state index contributed by atoms with van der Waals surface area (Å²) in [6, 6.07) is 0.367. The van der Waals surface area contributed by atoms with Gasteiger partial charge in [0.05, 0.1) is 0 Å². The van der Waals surface area contributed by atoms with Crippen LogP contribution in [0.15, 0.2) is 0 Å². The maximum Gasteiger partial charge on any atom is 0.325 e. The van der Waals surface area contributed by atoms with E-state index in [-0.39, 0.29) is 18.6 Å². The molecule has 3 nitrogen and oxygen atoms in total. The lowest BCUT2D eigenvalue weighted by atomic mass is 10.4. The van der Waals surface area contributed by atoms with Crippen LogP contribution in [0.25, 0.3) is 0 Å². The first kappa shape index (κ1) is 9.08. The number of carbonyl (C=O) groups is 1. The summed E-state index contributed by atoms with van der Waals surface area (Å²) in [4.78, 5) is 13.2. The fourth-order valence-corrected chi connectivity index (χ4v) is 1.14. The fraction of sp³-hybridized carbons (Fsp3) is 0.667. The fourth-order valence-electron chi connectivity index (χ4n) is 1.14. The molecule has 0 amide bonds. The monoisotopic (exact) mass is 167 g/mol. The second-order valence-corrected chi connectivity index (χ2v) is 3.12. The first-order valence-corrected chi connectivity index (χ1v) is 4.02. The summed E-state index contributed by atoms with van der Waals surface area (Å²) in [6.07, 6.45) is 4.95. The van der Waals surface area contributed by atoms with Crippen molar-refractivity contribution in [3.63, 3.8) is 0 Å². The van der Waals surface area contributed by atoms with Crippen molar-refractivity contribution in [2.24, 2.45) is 0 Å². The molecule has 0 aromatic heterocycles. The van der Waals surface area contributed by atoms with E-state index in [4.69, 9.17) is 11.2 Å². The van der Waals surface area contributed by atoms with Gasteiger partial charge < -0.3 is 4.74 Å². The average Bonchev–Trinajstić information content (AvgIpc) is 2.78. The van der Waals surface area contributed by atoms with Crippen LogP contribution in [-0.2, 0) is 9.53 Å². The number of hydrogen-bond donors (Lipinski definition) is 0. The molecule has 1 fully saturated rings. The maximum atomic E-state index is 11.1. The molecule has 1 aliphatic heterocycles. The van der Waals surface area contributed by atoms with E-state index in [2.05, 4.69) is 24.7 Å². The highest BCUT2D eigenvalue weighted by Gasteiger charge is 2.43. The van der Waals surface area contributed by atoms with Crippen LogP contribution in [0.1, 0.15) is 13.8 Å². The van der Waals surface area contributed by atoms with Crippen molar-refractivity contribution < 1.29 is 9.53 Å². The van der Waals surface area contributed by atoms with Gasteiger partial charge in [0.1, 0.15) is 6.04 Å². The van der Waals surface area contributed by atoms with Gasteiger partial charge in [-0.3, -0.25) is 9.69 Å². The Morgan fingerprint density at radius 1 is 1.83 bits per heavy atom. The molecule has 0 bridgehead atoms. The van der Waals surface area contributed by atoms with E-state index in [0.717, 1.165) is 6.54 Å². The third-order valence-electron chi connectivity index (χ3n) is 1.88. The molecule has 2 unspecified atom stereocenters. The second-order valence-electron chi connectivity index (χ2n) is 3.12. The lowest BCUT2D eigenvalue weighted by molar-refractivity contribution is -0.142. The number of nitrogens with zero attached hydrogens (tertiary/aromatic N) is 1. The van der Waals surface area contributed by atoms with E-state index in [1.807, 2.05) is 0 Å². The number of rotatable bonds is 3. The Hall–Kier alpha value is -1.01. The summed E-state index contributed by atoms with van der Waals surface area (Å²) in [5.74, 6) is 2.07. The van der Waals surface area contributed by atoms with Crippen LogP contribution in [0.3, 0.4) is 0 Å². The number of hydrogen-bond acceptors (Lipinski definition) is 3. The van der Waals surface area contributed by atoms with Gasteiger partial charge in [-0.1, -0.05) is 5.92 Å². The standard InChI is InChI=1S/C9H13NO2/c1-4-5-12-9(11)8-6-10(8)7(2)3/h1,7-8H,5-6H2,2-3H3. The zero-order valence-corrected chi connectivity index (χ0v) is 7.41. The van der Waals surface area contributed by atoms with Gasteiger partial charge in [-0.05, 0) is 13.8 Å². The molecule has 0 aliphatic carbocycles. The highest BCUT2D eigenvalue weighted by atomic mass is 16.5. The van der Waals surface area contributed by atoms with E-state index < -0.39 is 0 Å². The van der Waals surface area contributed by atoms with Gasteiger partial charge in [0, 0.05) is 12.6 Å². The first-order chi connectivity index (χ1) is 5.66. The van der Waals surface area contributed by atoms with Crippen LogP contribution in [0.4, 0.5) is 0 Å². The molecular formula is C9H13NO2. The summed E-state index contributed by atoms with van der Waals surface area (Å²) in [6.45, 7) is 4.99. The Kier molecular flexibility index (Phi) is 2.72. The van der Waals surface area contributed by atoms with Gasteiger partial charge in [0.25, 0.3) is 0 Å². The smallest absolute Gasteiger partial charge is 0.325 e. The Bertz CT molecular complexity index is 217. The molecule has 0 saturated carbocycles.